The maximum Gasteiger partial charge on any atom is 0.257 e. The van der Waals surface area contributed by atoms with Crippen LogP contribution < -0.4 is 10.6 Å². The number of amides is 1. The lowest BCUT2D eigenvalue weighted by Crippen LogP contribution is -2.34. The Morgan fingerprint density at radius 2 is 1.72 bits per heavy atom. The second kappa shape index (κ2) is 8.93. The Bertz CT molecular complexity index is 1310. The van der Waals surface area contributed by atoms with Gasteiger partial charge in [0.1, 0.15) is 5.52 Å². The third-order valence-electron chi connectivity index (χ3n) is 5.47. The maximum atomic E-state index is 12.5. The zero-order valence-electron chi connectivity index (χ0n) is 18.5. The van der Waals surface area contributed by atoms with Crippen molar-refractivity contribution in [2.75, 3.05) is 5.32 Å². The van der Waals surface area contributed by atoms with Crippen LogP contribution in [0.1, 0.15) is 46.8 Å². The number of hydrogen-bond acceptors (Lipinski definition) is 4. The molecule has 4 rings (SSSR count). The van der Waals surface area contributed by atoms with Gasteiger partial charge in [0.25, 0.3) is 5.91 Å². The molecular weight excluding hydrogens is 418 g/mol. The average molecular weight is 444 g/mol. The summed E-state index contributed by atoms with van der Waals surface area (Å²) in [5.41, 5.74) is 7.20. The maximum absolute atomic E-state index is 12.5. The number of benzene rings is 3. The summed E-state index contributed by atoms with van der Waals surface area (Å²) in [4.78, 5) is 17.1. The molecule has 0 saturated carbocycles. The molecule has 1 aromatic heterocycles. The molecule has 5 nitrogen and oxygen atoms in total. The topological polar surface area (TPSA) is 67.2 Å². The number of fused-ring (bicyclic) bond motifs is 1. The summed E-state index contributed by atoms with van der Waals surface area (Å²) in [6, 6.07) is 19.2. The first-order chi connectivity index (χ1) is 15.3. The highest BCUT2D eigenvalue weighted by Crippen LogP contribution is 2.27. The summed E-state index contributed by atoms with van der Waals surface area (Å²) in [5.74, 6) is 0.732. The highest BCUT2D eigenvalue weighted by Gasteiger charge is 2.12. The van der Waals surface area contributed by atoms with Crippen LogP contribution in [-0.2, 0) is 0 Å². The molecule has 6 heteroatoms. The van der Waals surface area contributed by atoms with Crippen LogP contribution >= 0.6 is 12.2 Å². The Morgan fingerprint density at radius 3 is 2.41 bits per heavy atom. The summed E-state index contributed by atoms with van der Waals surface area (Å²) in [6.45, 7) is 8.37. The van der Waals surface area contributed by atoms with E-state index in [0.29, 0.717) is 28.5 Å². The van der Waals surface area contributed by atoms with E-state index >= 15 is 0 Å². The first-order valence-corrected chi connectivity index (χ1v) is 10.9. The van der Waals surface area contributed by atoms with Crippen LogP contribution in [0.15, 0.2) is 65.1 Å². The number of carbonyl (C=O) groups excluding carboxylic acids is 1. The van der Waals surface area contributed by atoms with Crippen molar-refractivity contribution < 1.29 is 9.21 Å². The molecule has 0 aliphatic rings. The quantitative estimate of drug-likeness (QED) is 0.359. The van der Waals surface area contributed by atoms with Crippen molar-refractivity contribution in [2.45, 2.75) is 33.6 Å². The molecule has 4 aromatic rings. The Morgan fingerprint density at radius 1 is 0.969 bits per heavy atom. The molecule has 0 unspecified atom stereocenters. The number of aromatic nitrogens is 1. The van der Waals surface area contributed by atoms with Crippen LogP contribution in [0, 0.1) is 13.8 Å². The van der Waals surface area contributed by atoms with E-state index in [1.165, 1.54) is 16.7 Å². The number of oxazole rings is 1. The molecule has 1 heterocycles. The molecular formula is C26H25N3O2S. The van der Waals surface area contributed by atoms with Crippen LogP contribution in [0.4, 0.5) is 5.69 Å². The van der Waals surface area contributed by atoms with Crippen molar-refractivity contribution in [3.63, 3.8) is 0 Å². The van der Waals surface area contributed by atoms with E-state index < -0.39 is 0 Å². The highest BCUT2D eigenvalue weighted by molar-refractivity contribution is 7.80. The smallest absolute Gasteiger partial charge is 0.257 e. The van der Waals surface area contributed by atoms with Gasteiger partial charge in [0.05, 0.1) is 0 Å². The number of aryl methyl sites for hydroxylation is 2. The van der Waals surface area contributed by atoms with Crippen LogP contribution in [0.5, 0.6) is 0 Å². The standard InChI is InChI=1S/C26H25N3O2S/c1-15(2)18-7-9-19(10-8-18)24(30)29-26(32)27-21-11-12-23-22(14-21)28-25(31-23)20-6-5-16(3)17(4)13-20/h5-15H,1-4H3,(H2,27,29,30,32). The largest absolute Gasteiger partial charge is 0.436 e. The minimum atomic E-state index is -0.252. The van der Waals surface area contributed by atoms with Gasteiger partial charge in [-0.2, -0.15) is 0 Å². The number of rotatable bonds is 4. The molecule has 0 aliphatic heterocycles. The number of anilines is 1. The van der Waals surface area contributed by atoms with Gasteiger partial charge in [-0.05, 0) is 91.1 Å². The van der Waals surface area contributed by atoms with Crippen LogP contribution in [0.25, 0.3) is 22.6 Å². The van der Waals surface area contributed by atoms with E-state index in [4.69, 9.17) is 16.6 Å². The third-order valence-corrected chi connectivity index (χ3v) is 5.67. The first kappa shape index (κ1) is 21.7. The minimum Gasteiger partial charge on any atom is -0.436 e. The molecule has 0 aliphatic carbocycles. The zero-order valence-corrected chi connectivity index (χ0v) is 19.3. The second-order valence-electron chi connectivity index (χ2n) is 8.19. The molecule has 162 valence electrons. The highest BCUT2D eigenvalue weighted by atomic mass is 32.1. The predicted octanol–water partition coefficient (Wildman–Crippen LogP) is 6.36. The fraction of sp³-hybridized carbons (Fsp3) is 0.192. The average Bonchev–Trinajstić information content (AvgIpc) is 3.19. The zero-order chi connectivity index (χ0) is 22.8. The minimum absolute atomic E-state index is 0.222. The molecule has 0 spiro atoms. The molecule has 0 fully saturated rings. The molecule has 0 bridgehead atoms. The summed E-state index contributed by atoms with van der Waals surface area (Å²) < 4.78 is 5.92. The monoisotopic (exact) mass is 443 g/mol. The SMILES string of the molecule is Cc1ccc(-c2nc3cc(NC(=S)NC(=O)c4ccc(C(C)C)cc4)ccc3o2)cc1C. The molecule has 32 heavy (non-hydrogen) atoms. The Labute approximate surface area is 192 Å². The van der Waals surface area contributed by atoms with Gasteiger partial charge < -0.3 is 9.73 Å². The Hall–Kier alpha value is -3.51. The van der Waals surface area contributed by atoms with Crippen molar-refractivity contribution in [1.82, 2.24) is 10.3 Å². The molecule has 3 aromatic carbocycles. The number of hydrogen-bond donors (Lipinski definition) is 2. The van der Waals surface area contributed by atoms with Crippen LogP contribution in [0.2, 0.25) is 0 Å². The van der Waals surface area contributed by atoms with Gasteiger partial charge >= 0.3 is 0 Å². The van der Waals surface area contributed by atoms with E-state index in [0.717, 1.165) is 11.3 Å². The summed E-state index contributed by atoms with van der Waals surface area (Å²) in [5, 5.41) is 5.99. The predicted molar refractivity (Wildman–Crippen MR) is 133 cm³/mol. The summed E-state index contributed by atoms with van der Waals surface area (Å²) in [6.07, 6.45) is 0. The normalized spacial score (nSPS) is 11.0. The van der Waals surface area contributed by atoms with Gasteiger partial charge in [0.15, 0.2) is 10.7 Å². The summed E-state index contributed by atoms with van der Waals surface area (Å²) in [7, 11) is 0. The molecule has 0 radical (unpaired) electrons. The fourth-order valence-corrected chi connectivity index (χ4v) is 3.57. The van der Waals surface area contributed by atoms with Gasteiger partial charge in [0, 0.05) is 16.8 Å². The number of carbonyl (C=O) groups is 1. The van der Waals surface area contributed by atoms with Crippen LogP contribution in [-0.4, -0.2) is 16.0 Å². The van der Waals surface area contributed by atoms with E-state index in [1.807, 2.05) is 48.5 Å². The third kappa shape index (κ3) is 4.70. The van der Waals surface area contributed by atoms with Crippen LogP contribution in [0.3, 0.4) is 0 Å². The lowest BCUT2D eigenvalue weighted by atomic mass is 10.0. The van der Waals surface area contributed by atoms with Gasteiger partial charge in [0.2, 0.25) is 5.89 Å². The van der Waals surface area contributed by atoms with Gasteiger partial charge in [-0.15, -0.1) is 0 Å². The van der Waals surface area contributed by atoms with E-state index in [2.05, 4.69) is 55.4 Å². The van der Waals surface area contributed by atoms with Gasteiger partial charge in [-0.3, -0.25) is 10.1 Å². The van der Waals surface area contributed by atoms with Crippen molar-refractivity contribution in [2.24, 2.45) is 0 Å². The summed E-state index contributed by atoms with van der Waals surface area (Å²) >= 11 is 5.32. The van der Waals surface area contributed by atoms with Gasteiger partial charge in [-0.1, -0.05) is 32.0 Å². The van der Waals surface area contributed by atoms with Crippen molar-refractivity contribution in [3.05, 3.63) is 82.9 Å². The lowest BCUT2D eigenvalue weighted by molar-refractivity contribution is 0.0977. The van der Waals surface area contributed by atoms with Crippen molar-refractivity contribution in [3.8, 4) is 11.5 Å². The Balaban J connectivity index is 1.46. The molecule has 0 atom stereocenters. The fourth-order valence-electron chi connectivity index (χ4n) is 3.36. The second-order valence-corrected chi connectivity index (χ2v) is 8.59. The van der Waals surface area contributed by atoms with Crippen molar-refractivity contribution in [1.29, 1.82) is 0 Å². The van der Waals surface area contributed by atoms with Gasteiger partial charge in [-0.25, -0.2) is 4.98 Å². The number of nitrogens with one attached hydrogen (secondary N) is 2. The van der Waals surface area contributed by atoms with E-state index in [-0.39, 0.29) is 11.0 Å². The van der Waals surface area contributed by atoms with E-state index in [9.17, 15) is 4.79 Å². The first-order valence-electron chi connectivity index (χ1n) is 10.5. The van der Waals surface area contributed by atoms with E-state index in [1.54, 1.807) is 0 Å². The molecule has 0 saturated heterocycles. The lowest BCUT2D eigenvalue weighted by Gasteiger charge is -2.10. The number of thiocarbonyl (C=S) groups is 1. The number of nitrogens with zero attached hydrogens (tertiary/aromatic N) is 1. The Kier molecular flexibility index (Phi) is 6.06. The van der Waals surface area contributed by atoms with Crippen molar-refractivity contribution >= 4 is 40.0 Å². The molecule has 1 amide bonds. The molecule has 2 N–H and O–H groups in total.